The van der Waals surface area contributed by atoms with E-state index in [0.717, 1.165) is 38.5 Å². The van der Waals surface area contributed by atoms with Crippen molar-refractivity contribution in [3.63, 3.8) is 0 Å². The van der Waals surface area contributed by atoms with Crippen LogP contribution >= 0.6 is 0 Å². The summed E-state index contributed by atoms with van der Waals surface area (Å²) >= 11 is 0. The number of esters is 1. The summed E-state index contributed by atoms with van der Waals surface area (Å²) in [6.45, 7) is 5.35. The van der Waals surface area contributed by atoms with E-state index in [9.17, 15) is 20.1 Å². The second-order valence-corrected chi connectivity index (χ2v) is 9.85. The molecule has 1 aromatic carbocycles. The Labute approximate surface area is 219 Å². The van der Waals surface area contributed by atoms with Gasteiger partial charge in [0, 0.05) is 26.1 Å². The molecule has 0 aliphatic heterocycles. The maximum Gasteiger partial charge on any atom is 0.305 e. The number of ether oxygens (including phenoxy) is 1. The number of phenols is 3. The minimum absolute atomic E-state index is 0.0744. The van der Waals surface area contributed by atoms with E-state index in [0.29, 0.717) is 31.7 Å². The van der Waals surface area contributed by atoms with Crippen molar-refractivity contribution in [2.75, 3.05) is 25.1 Å². The molecule has 0 bridgehead atoms. The molecule has 0 aromatic heterocycles. The molecule has 206 valence electrons. The van der Waals surface area contributed by atoms with Crippen molar-refractivity contribution in [2.45, 2.75) is 117 Å². The van der Waals surface area contributed by atoms with Crippen LogP contribution < -0.4 is 4.90 Å². The monoisotopic (exact) mass is 505 g/mol. The van der Waals surface area contributed by atoms with Crippen LogP contribution in [0.4, 0.5) is 5.69 Å². The Morgan fingerprint density at radius 2 is 1.42 bits per heavy atom. The maximum absolute atomic E-state index is 11.9. The van der Waals surface area contributed by atoms with Gasteiger partial charge < -0.3 is 25.0 Å². The number of hydrogen-bond acceptors (Lipinski definition) is 6. The van der Waals surface area contributed by atoms with Crippen LogP contribution in [0.1, 0.15) is 122 Å². The van der Waals surface area contributed by atoms with E-state index in [1.807, 2.05) is 6.08 Å². The zero-order chi connectivity index (χ0) is 26.6. The van der Waals surface area contributed by atoms with Crippen LogP contribution in [-0.4, -0.2) is 41.5 Å². The maximum atomic E-state index is 11.9. The molecule has 0 spiro atoms. The summed E-state index contributed by atoms with van der Waals surface area (Å²) < 4.78 is 5.27. The number of rotatable bonds is 21. The second-order valence-electron chi connectivity index (χ2n) is 9.85. The fraction of sp³-hybridized carbons (Fsp3) is 0.700. The summed E-state index contributed by atoms with van der Waals surface area (Å²) in [5.74, 6) is -0.879. The average Bonchev–Trinajstić information content (AvgIpc) is 2.86. The first-order valence-electron chi connectivity index (χ1n) is 14.2. The van der Waals surface area contributed by atoms with Crippen molar-refractivity contribution >= 4 is 17.7 Å². The number of nitrogens with zero attached hydrogens (tertiary/aromatic N) is 1. The largest absolute Gasteiger partial charge is 0.505 e. The molecule has 0 aliphatic rings. The van der Waals surface area contributed by atoms with Crippen molar-refractivity contribution < 1.29 is 24.9 Å². The van der Waals surface area contributed by atoms with Gasteiger partial charge in [-0.3, -0.25) is 4.79 Å². The van der Waals surface area contributed by atoms with E-state index in [-0.39, 0.29) is 28.8 Å². The highest BCUT2D eigenvalue weighted by molar-refractivity contribution is 5.77. The van der Waals surface area contributed by atoms with Crippen LogP contribution in [0, 0.1) is 0 Å². The first-order chi connectivity index (χ1) is 17.4. The molecule has 0 amide bonds. The number of phenolic OH excluding ortho intramolecular Hbond substituents is 3. The van der Waals surface area contributed by atoms with Gasteiger partial charge in [-0.2, -0.15) is 0 Å². The molecule has 0 saturated heterocycles. The predicted octanol–water partition coefficient (Wildman–Crippen LogP) is 8.08. The lowest BCUT2D eigenvalue weighted by molar-refractivity contribution is -0.143. The minimum Gasteiger partial charge on any atom is -0.505 e. The van der Waals surface area contributed by atoms with Gasteiger partial charge in [0.15, 0.2) is 11.5 Å². The molecular weight excluding hydrogens is 454 g/mol. The number of carbonyl (C=O) groups is 1. The lowest BCUT2D eigenvalue weighted by Crippen LogP contribution is -2.20. The molecule has 6 nitrogen and oxygen atoms in total. The molecule has 0 heterocycles. The topological polar surface area (TPSA) is 90.2 Å². The van der Waals surface area contributed by atoms with Gasteiger partial charge in [-0.25, -0.2) is 0 Å². The molecule has 0 saturated carbocycles. The van der Waals surface area contributed by atoms with E-state index in [2.05, 4.69) is 13.8 Å². The third-order valence-electron chi connectivity index (χ3n) is 6.57. The number of unbranched alkanes of at least 4 members (excludes halogenated alkanes) is 12. The van der Waals surface area contributed by atoms with E-state index >= 15 is 0 Å². The number of carbonyl (C=O) groups excluding carboxylic acids is 1. The van der Waals surface area contributed by atoms with Crippen LogP contribution in [-0.2, 0) is 9.53 Å². The Bertz CT molecular complexity index is 762. The van der Waals surface area contributed by atoms with Gasteiger partial charge in [0.1, 0.15) is 5.75 Å². The molecule has 3 N–H and O–H groups in total. The fourth-order valence-electron chi connectivity index (χ4n) is 4.25. The van der Waals surface area contributed by atoms with Gasteiger partial charge in [-0.05, 0) is 25.7 Å². The van der Waals surface area contributed by atoms with Crippen LogP contribution in [0.15, 0.2) is 12.1 Å². The van der Waals surface area contributed by atoms with Gasteiger partial charge >= 0.3 is 5.97 Å². The van der Waals surface area contributed by atoms with Gasteiger partial charge in [-0.1, -0.05) is 96.6 Å². The molecular formula is C30H51NO5. The van der Waals surface area contributed by atoms with Crippen LogP contribution in [0.5, 0.6) is 17.2 Å². The SMILES string of the molecule is CCCCCCCCCCC/C=C/c1c(O)c(O)cc(N(C)CCCC(=O)OCCCCCC)c1O. The van der Waals surface area contributed by atoms with Crippen molar-refractivity contribution in [2.24, 2.45) is 0 Å². The van der Waals surface area contributed by atoms with Gasteiger partial charge in [-0.15, -0.1) is 0 Å². The Hall–Kier alpha value is -2.37. The van der Waals surface area contributed by atoms with Crippen molar-refractivity contribution in [3.05, 3.63) is 17.7 Å². The molecule has 1 aromatic rings. The number of benzene rings is 1. The number of anilines is 1. The number of aromatic hydroxyl groups is 3. The third-order valence-corrected chi connectivity index (χ3v) is 6.57. The molecule has 1 rings (SSSR count). The number of allylic oxidation sites excluding steroid dienone is 1. The quantitative estimate of drug-likeness (QED) is 0.0677. The van der Waals surface area contributed by atoms with Gasteiger partial charge in [0.05, 0.1) is 17.9 Å². The molecule has 6 heteroatoms. The van der Waals surface area contributed by atoms with Crippen molar-refractivity contribution in [1.82, 2.24) is 0 Å². The van der Waals surface area contributed by atoms with E-state index in [4.69, 9.17) is 4.74 Å². The summed E-state index contributed by atoms with van der Waals surface area (Å²) in [4.78, 5) is 13.7. The number of hydrogen-bond donors (Lipinski definition) is 3. The molecule has 0 fully saturated rings. The van der Waals surface area contributed by atoms with Gasteiger partial charge in [0.25, 0.3) is 0 Å². The van der Waals surface area contributed by atoms with Gasteiger partial charge in [0.2, 0.25) is 0 Å². The van der Waals surface area contributed by atoms with Crippen LogP contribution in [0.25, 0.3) is 6.08 Å². The highest BCUT2D eigenvalue weighted by Crippen LogP contribution is 2.43. The zero-order valence-electron chi connectivity index (χ0n) is 23.1. The second kappa shape index (κ2) is 19.8. The average molecular weight is 506 g/mol. The molecule has 36 heavy (non-hydrogen) atoms. The van der Waals surface area contributed by atoms with E-state index < -0.39 is 0 Å². The standard InChI is InChI=1S/C30H51NO5/c1-4-6-8-10-11-12-13-14-15-16-17-20-25-29(34)26(24-27(32)30(25)35)31(3)22-19-21-28(33)36-23-18-9-7-5-2/h17,20,24,32,34-35H,4-16,18-19,21-23H2,1-3H3/b20-17+. The molecule has 0 aliphatic carbocycles. The lowest BCUT2D eigenvalue weighted by atomic mass is 10.1. The Morgan fingerprint density at radius 3 is 2.06 bits per heavy atom. The molecule has 0 atom stereocenters. The summed E-state index contributed by atoms with van der Waals surface area (Å²) in [6.07, 6.45) is 21.0. The first-order valence-corrected chi connectivity index (χ1v) is 14.2. The highest BCUT2D eigenvalue weighted by atomic mass is 16.5. The Kier molecular flexibility index (Phi) is 17.4. The predicted molar refractivity (Wildman–Crippen MR) is 150 cm³/mol. The summed E-state index contributed by atoms with van der Waals surface area (Å²) in [6, 6.07) is 1.36. The molecule has 0 radical (unpaired) electrons. The van der Waals surface area contributed by atoms with Crippen molar-refractivity contribution in [3.8, 4) is 17.2 Å². The summed E-state index contributed by atoms with van der Waals surface area (Å²) in [7, 11) is 1.79. The Morgan fingerprint density at radius 1 is 0.833 bits per heavy atom. The first kappa shape index (κ1) is 31.7. The van der Waals surface area contributed by atoms with Crippen LogP contribution in [0.3, 0.4) is 0 Å². The minimum atomic E-state index is -0.320. The Balaban J connectivity index is 2.46. The highest BCUT2D eigenvalue weighted by Gasteiger charge is 2.18. The van der Waals surface area contributed by atoms with E-state index in [1.165, 1.54) is 57.4 Å². The lowest BCUT2D eigenvalue weighted by Gasteiger charge is -2.22. The van der Waals surface area contributed by atoms with E-state index in [1.54, 1.807) is 18.0 Å². The molecule has 0 unspecified atom stereocenters. The fourth-order valence-corrected chi connectivity index (χ4v) is 4.25. The third kappa shape index (κ3) is 13.1. The van der Waals surface area contributed by atoms with Crippen LogP contribution in [0.2, 0.25) is 0 Å². The summed E-state index contributed by atoms with van der Waals surface area (Å²) in [5.41, 5.74) is 0.639. The zero-order valence-corrected chi connectivity index (χ0v) is 23.1. The van der Waals surface area contributed by atoms with Crippen molar-refractivity contribution in [1.29, 1.82) is 0 Å². The summed E-state index contributed by atoms with van der Waals surface area (Å²) in [5, 5.41) is 31.3. The smallest absolute Gasteiger partial charge is 0.305 e. The normalized spacial score (nSPS) is 11.3.